The molecular formula is C29H36N8O4. The highest BCUT2D eigenvalue weighted by molar-refractivity contribution is 5.82. The van der Waals surface area contributed by atoms with E-state index in [0.29, 0.717) is 17.2 Å². The van der Waals surface area contributed by atoms with Crippen LogP contribution in [0.4, 0.5) is 11.6 Å². The van der Waals surface area contributed by atoms with E-state index in [2.05, 4.69) is 30.1 Å². The standard InChI is InChI=1S/C29H36N8O4/c1-21-34-24(36(19-26(38)40-28(2,3)4)32-17-22-12-8-10-14-30-22)16-25(35-21)37(20-27(39)41-29(5,6)7)33-18-23-13-9-11-15-31-23/h8-18H,19-20H2,1-7H3/b32-17+,33-18+. The van der Waals surface area contributed by atoms with Gasteiger partial charge in [-0.15, -0.1) is 0 Å². The van der Waals surface area contributed by atoms with Gasteiger partial charge in [-0.05, 0) is 72.7 Å². The lowest BCUT2D eigenvalue weighted by Gasteiger charge is -2.25. The fourth-order valence-corrected chi connectivity index (χ4v) is 3.32. The van der Waals surface area contributed by atoms with E-state index in [0.717, 1.165) is 0 Å². The lowest BCUT2D eigenvalue weighted by atomic mass is 10.2. The van der Waals surface area contributed by atoms with Gasteiger partial charge in [-0.25, -0.2) is 20.0 Å². The number of hydrazone groups is 2. The molecule has 41 heavy (non-hydrogen) atoms. The molecule has 0 radical (unpaired) electrons. The molecule has 12 nitrogen and oxygen atoms in total. The summed E-state index contributed by atoms with van der Waals surface area (Å²) in [5.41, 5.74) is -0.215. The highest BCUT2D eigenvalue weighted by Crippen LogP contribution is 2.21. The van der Waals surface area contributed by atoms with Crippen LogP contribution in [0, 0.1) is 6.92 Å². The van der Waals surface area contributed by atoms with Crippen LogP contribution in [0.1, 0.15) is 58.8 Å². The zero-order valence-electron chi connectivity index (χ0n) is 24.5. The van der Waals surface area contributed by atoms with Gasteiger partial charge < -0.3 is 9.47 Å². The number of esters is 2. The van der Waals surface area contributed by atoms with Crippen molar-refractivity contribution in [1.82, 2.24) is 19.9 Å². The van der Waals surface area contributed by atoms with Crippen LogP contribution >= 0.6 is 0 Å². The largest absolute Gasteiger partial charge is 0.459 e. The second-order valence-corrected chi connectivity index (χ2v) is 10.9. The maximum absolute atomic E-state index is 12.8. The van der Waals surface area contributed by atoms with Gasteiger partial charge in [0.05, 0.1) is 23.8 Å². The molecule has 0 aliphatic carbocycles. The van der Waals surface area contributed by atoms with Gasteiger partial charge in [0, 0.05) is 18.5 Å². The summed E-state index contributed by atoms with van der Waals surface area (Å²) < 4.78 is 11.0. The Labute approximate surface area is 240 Å². The normalized spacial score (nSPS) is 12.0. The lowest BCUT2D eigenvalue weighted by molar-refractivity contribution is -0.154. The summed E-state index contributed by atoms with van der Waals surface area (Å²) in [5.74, 6) is -0.0815. The van der Waals surface area contributed by atoms with Crippen LogP contribution in [-0.4, -0.2) is 68.6 Å². The number of pyridine rings is 2. The molecule has 0 saturated carbocycles. The Bertz CT molecular complexity index is 1270. The number of rotatable bonds is 10. The van der Waals surface area contributed by atoms with E-state index in [1.165, 1.54) is 22.4 Å². The topological polar surface area (TPSA) is 135 Å². The minimum atomic E-state index is -0.690. The molecule has 3 heterocycles. The van der Waals surface area contributed by atoms with Crippen molar-refractivity contribution in [3.8, 4) is 0 Å². The van der Waals surface area contributed by atoms with Gasteiger partial charge in [-0.2, -0.15) is 10.2 Å². The molecule has 0 fully saturated rings. The van der Waals surface area contributed by atoms with Crippen molar-refractivity contribution in [1.29, 1.82) is 0 Å². The molecule has 3 rings (SSSR count). The fourth-order valence-electron chi connectivity index (χ4n) is 3.32. The van der Waals surface area contributed by atoms with Crippen molar-refractivity contribution >= 4 is 36.0 Å². The third kappa shape index (κ3) is 11.1. The van der Waals surface area contributed by atoms with Gasteiger partial charge >= 0.3 is 11.9 Å². The quantitative estimate of drug-likeness (QED) is 0.204. The molecule has 0 bridgehead atoms. The summed E-state index contributed by atoms with van der Waals surface area (Å²) in [6, 6.07) is 12.4. The first-order valence-electron chi connectivity index (χ1n) is 13.0. The van der Waals surface area contributed by atoms with Gasteiger partial charge in [0.1, 0.15) is 30.1 Å². The Kier molecular flexibility index (Phi) is 10.2. The monoisotopic (exact) mass is 560 g/mol. The predicted octanol–water partition coefficient (Wildman–Crippen LogP) is 3.94. The van der Waals surface area contributed by atoms with Gasteiger partial charge in [-0.3, -0.25) is 19.6 Å². The Morgan fingerprint density at radius 1 is 0.756 bits per heavy atom. The predicted molar refractivity (Wildman–Crippen MR) is 157 cm³/mol. The molecule has 3 aromatic rings. The van der Waals surface area contributed by atoms with E-state index in [1.807, 2.05) is 12.1 Å². The fraction of sp³-hybridized carbons (Fsp3) is 0.379. The number of anilines is 2. The van der Waals surface area contributed by atoms with Crippen LogP contribution in [0.15, 0.2) is 65.1 Å². The number of nitrogens with zero attached hydrogens (tertiary/aromatic N) is 8. The number of ether oxygens (including phenoxy) is 2. The third-order valence-electron chi connectivity index (χ3n) is 4.77. The first kappa shape index (κ1) is 30.8. The third-order valence-corrected chi connectivity index (χ3v) is 4.77. The molecule has 0 aliphatic rings. The van der Waals surface area contributed by atoms with Crippen LogP contribution in [0.25, 0.3) is 0 Å². The SMILES string of the molecule is Cc1nc(N(CC(=O)OC(C)(C)C)/N=C/c2ccccn2)cc(N(CC(=O)OC(C)(C)C)/N=C/c2ccccn2)n1. The molecule has 0 spiro atoms. The smallest absolute Gasteiger partial charge is 0.328 e. The average Bonchev–Trinajstić information content (AvgIpc) is 2.87. The maximum Gasteiger partial charge on any atom is 0.328 e. The van der Waals surface area contributed by atoms with Gasteiger partial charge in [0.15, 0.2) is 11.6 Å². The maximum atomic E-state index is 12.8. The minimum Gasteiger partial charge on any atom is -0.459 e. The van der Waals surface area contributed by atoms with E-state index in [-0.39, 0.29) is 24.7 Å². The summed E-state index contributed by atoms with van der Waals surface area (Å²) in [6.07, 6.45) is 6.31. The van der Waals surface area contributed by atoms with Crippen molar-refractivity contribution in [3.05, 3.63) is 72.1 Å². The lowest BCUT2D eigenvalue weighted by Crippen LogP contribution is -2.34. The molecule has 0 N–H and O–H groups in total. The van der Waals surface area contributed by atoms with Gasteiger partial charge in [-0.1, -0.05) is 12.1 Å². The molecule has 0 unspecified atom stereocenters. The van der Waals surface area contributed by atoms with Crippen LogP contribution < -0.4 is 10.0 Å². The first-order chi connectivity index (χ1) is 19.3. The van der Waals surface area contributed by atoms with Gasteiger partial charge in [0.25, 0.3) is 0 Å². The number of carbonyl (C=O) groups is 2. The van der Waals surface area contributed by atoms with Crippen LogP contribution in [0.5, 0.6) is 0 Å². The molecule has 3 aromatic heterocycles. The number of hydrogen-bond donors (Lipinski definition) is 0. The number of carbonyl (C=O) groups excluding carboxylic acids is 2. The Hall–Kier alpha value is -4.74. The van der Waals surface area contributed by atoms with E-state index < -0.39 is 23.1 Å². The molecule has 12 heteroatoms. The van der Waals surface area contributed by atoms with Crippen LogP contribution in [0.2, 0.25) is 0 Å². The molecule has 0 atom stereocenters. The van der Waals surface area contributed by atoms with Crippen molar-refractivity contribution < 1.29 is 19.1 Å². The van der Waals surface area contributed by atoms with Crippen molar-refractivity contribution in [2.75, 3.05) is 23.1 Å². The number of aromatic nitrogens is 4. The summed E-state index contributed by atoms with van der Waals surface area (Å²) in [4.78, 5) is 43.1. The average molecular weight is 561 g/mol. The zero-order chi connectivity index (χ0) is 30.0. The minimum absolute atomic E-state index is 0.236. The van der Waals surface area contributed by atoms with E-state index >= 15 is 0 Å². The summed E-state index contributed by atoms with van der Waals surface area (Å²) in [7, 11) is 0. The molecule has 0 aliphatic heterocycles. The molecular weight excluding hydrogens is 524 g/mol. The molecule has 0 amide bonds. The van der Waals surface area contributed by atoms with E-state index in [1.54, 1.807) is 91.2 Å². The summed E-state index contributed by atoms with van der Waals surface area (Å²) in [5, 5.41) is 11.7. The summed E-state index contributed by atoms with van der Waals surface area (Å²) >= 11 is 0. The molecule has 0 saturated heterocycles. The summed E-state index contributed by atoms with van der Waals surface area (Å²) in [6.45, 7) is 11.9. The zero-order valence-corrected chi connectivity index (χ0v) is 24.5. The van der Waals surface area contributed by atoms with Crippen LogP contribution in [-0.2, 0) is 19.1 Å². The number of hydrogen-bond acceptors (Lipinski definition) is 12. The second-order valence-electron chi connectivity index (χ2n) is 10.9. The highest BCUT2D eigenvalue weighted by Gasteiger charge is 2.23. The Morgan fingerprint density at radius 3 is 1.51 bits per heavy atom. The van der Waals surface area contributed by atoms with E-state index in [9.17, 15) is 9.59 Å². The van der Waals surface area contributed by atoms with Crippen molar-refractivity contribution in [3.63, 3.8) is 0 Å². The van der Waals surface area contributed by atoms with Crippen molar-refractivity contribution in [2.45, 2.75) is 59.7 Å². The van der Waals surface area contributed by atoms with E-state index in [4.69, 9.17) is 9.47 Å². The highest BCUT2D eigenvalue weighted by atomic mass is 16.6. The molecule has 216 valence electrons. The Balaban J connectivity index is 2.01. The first-order valence-corrected chi connectivity index (χ1v) is 13.0. The Morgan fingerprint density at radius 2 is 1.17 bits per heavy atom. The number of aryl methyl sites for hydroxylation is 1. The second kappa shape index (κ2) is 13.6. The molecule has 0 aromatic carbocycles. The van der Waals surface area contributed by atoms with Crippen molar-refractivity contribution in [2.24, 2.45) is 10.2 Å². The van der Waals surface area contributed by atoms with Crippen LogP contribution in [0.3, 0.4) is 0 Å². The van der Waals surface area contributed by atoms with Gasteiger partial charge in [0.2, 0.25) is 0 Å².